The fraction of sp³-hybridized carbons (Fsp3) is 0.176. The number of thiophene rings is 1. The summed E-state index contributed by atoms with van der Waals surface area (Å²) in [7, 11) is 3.06. The van der Waals surface area contributed by atoms with Gasteiger partial charge in [-0.15, -0.1) is 21.5 Å². The van der Waals surface area contributed by atoms with Gasteiger partial charge in [-0.3, -0.25) is 4.79 Å². The molecular formula is C17H18N6O3S2. The lowest BCUT2D eigenvalue weighted by Gasteiger charge is -2.09. The first kappa shape index (κ1) is 19.7. The number of anilines is 1. The summed E-state index contributed by atoms with van der Waals surface area (Å²) < 4.78 is 11.7. The van der Waals surface area contributed by atoms with Crippen LogP contribution < -0.4 is 20.7 Å². The summed E-state index contributed by atoms with van der Waals surface area (Å²) in [5, 5.41) is 14.3. The third-order valence-corrected chi connectivity index (χ3v) is 5.35. The first-order valence-electron chi connectivity index (χ1n) is 8.03. The van der Waals surface area contributed by atoms with Crippen LogP contribution in [0.2, 0.25) is 0 Å². The molecule has 146 valence electrons. The van der Waals surface area contributed by atoms with Crippen LogP contribution in [0.15, 0.2) is 46.0 Å². The number of ether oxygens (including phenoxy) is 2. The number of thioether (sulfide) groups is 1. The van der Waals surface area contributed by atoms with Gasteiger partial charge in [0.05, 0.1) is 26.2 Å². The molecule has 3 aromatic rings. The molecule has 0 aliphatic rings. The van der Waals surface area contributed by atoms with Crippen molar-refractivity contribution in [2.45, 2.75) is 5.16 Å². The lowest BCUT2D eigenvalue weighted by atomic mass is 10.1. The van der Waals surface area contributed by atoms with Gasteiger partial charge < -0.3 is 15.3 Å². The molecule has 0 atom stereocenters. The predicted molar refractivity (Wildman–Crippen MR) is 110 cm³/mol. The summed E-state index contributed by atoms with van der Waals surface area (Å²) in [6.45, 7) is 0. The maximum absolute atomic E-state index is 12.5. The number of rotatable bonds is 9. The Morgan fingerprint density at radius 3 is 2.86 bits per heavy atom. The van der Waals surface area contributed by atoms with Crippen LogP contribution in [0.1, 0.15) is 15.2 Å². The van der Waals surface area contributed by atoms with E-state index >= 15 is 0 Å². The smallest absolute Gasteiger partial charge is 0.264 e. The monoisotopic (exact) mass is 418 g/mol. The lowest BCUT2D eigenvalue weighted by Crippen LogP contribution is -2.14. The molecule has 1 aromatic carbocycles. The van der Waals surface area contributed by atoms with E-state index in [-0.39, 0.29) is 17.5 Å². The van der Waals surface area contributed by atoms with Crippen molar-refractivity contribution in [2.75, 3.05) is 31.2 Å². The Labute approximate surface area is 169 Å². The van der Waals surface area contributed by atoms with Crippen molar-refractivity contribution >= 4 is 41.0 Å². The number of carbonyl (C=O) groups is 1. The summed E-state index contributed by atoms with van der Waals surface area (Å²) in [4.78, 5) is 13.4. The molecule has 2 heterocycles. The van der Waals surface area contributed by atoms with Crippen molar-refractivity contribution < 1.29 is 14.3 Å². The third kappa shape index (κ3) is 4.61. The molecule has 3 N–H and O–H groups in total. The van der Waals surface area contributed by atoms with Crippen LogP contribution in [0.3, 0.4) is 0 Å². The number of nitrogens with two attached hydrogens (primary N) is 1. The number of nitrogens with zero attached hydrogens (tertiary/aromatic N) is 4. The van der Waals surface area contributed by atoms with Crippen molar-refractivity contribution in [1.29, 1.82) is 0 Å². The number of carbonyl (C=O) groups excluding carboxylic acids is 1. The molecule has 0 spiro atoms. The van der Waals surface area contributed by atoms with Gasteiger partial charge in [0.1, 0.15) is 0 Å². The maximum Gasteiger partial charge on any atom is 0.264 e. The minimum absolute atomic E-state index is 0.0980. The molecular weight excluding hydrogens is 400 g/mol. The van der Waals surface area contributed by atoms with Crippen LogP contribution in [0.5, 0.6) is 11.5 Å². The summed E-state index contributed by atoms with van der Waals surface area (Å²) in [6.07, 6.45) is 1.66. The lowest BCUT2D eigenvalue weighted by molar-refractivity contribution is 0.102. The molecule has 0 unspecified atom stereocenters. The van der Waals surface area contributed by atoms with Crippen LogP contribution in [-0.4, -0.2) is 46.8 Å². The standard InChI is InChI=1S/C17H18N6O3S2/c1-25-14-6-5-11(8-15(14)26-2)13(24)10-28-17-22-21-16(23(17)18)20-19-9-12-4-3-7-27-12/h3-9H,10,18H2,1-2H3,(H,20,21)/b19-9+. The SMILES string of the molecule is COc1ccc(C(=O)CSc2nnc(N/N=C/c3cccs3)n2N)cc1OC. The number of ketones is 1. The van der Waals surface area contributed by atoms with E-state index in [4.69, 9.17) is 15.3 Å². The molecule has 0 saturated carbocycles. The van der Waals surface area contributed by atoms with Gasteiger partial charge in [0.25, 0.3) is 5.95 Å². The number of nitrogen functional groups attached to an aromatic ring is 1. The van der Waals surface area contributed by atoms with Gasteiger partial charge >= 0.3 is 0 Å². The summed E-state index contributed by atoms with van der Waals surface area (Å²) in [5.74, 6) is 7.33. The van der Waals surface area contributed by atoms with Gasteiger partial charge in [-0.1, -0.05) is 17.8 Å². The Morgan fingerprint density at radius 1 is 1.32 bits per heavy atom. The molecule has 0 aliphatic carbocycles. The number of aromatic nitrogens is 3. The van der Waals surface area contributed by atoms with Crippen LogP contribution in [-0.2, 0) is 0 Å². The summed E-state index contributed by atoms with van der Waals surface area (Å²) >= 11 is 2.74. The Bertz CT molecular complexity index is 971. The molecule has 2 aromatic heterocycles. The molecule has 0 saturated heterocycles. The number of methoxy groups -OCH3 is 2. The van der Waals surface area contributed by atoms with Gasteiger partial charge in [0, 0.05) is 10.4 Å². The first-order chi connectivity index (χ1) is 13.6. The first-order valence-corrected chi connectivity index (χ1v) is 9.90. The van der Waals surface area contributed by atoms with Crippen molar-refractivity contribution in [3.63, 3.8) is 0 Å². The van der Waals surface area contributed by atoms with Crippen LogP contribution in [0.25, 0.3) is 0 Å². The number of benzene rings is 1. The molecule has 0 aliphatic heterocycles. The third-order valence-electron chi connectivity index (χ3n) is 3.60. The molecule has 3 rings (SSSR count). The predicted octanol–water partition coefficient (Wildman–Crippen LogP) is 2.49. The Hall–Kier alpha value is -3.05. The number of hydrazone groups is 1. The number of hydrogen-bond donors (Lipinski definition) is 2. The quantitative estimate of drug-likeness (QED) is 0.179. The normalized spacial score (nSPS) is 10.9. The minimum Gasteiger partial charge on any atom is -0.493 e. The average molecular weight is 419 g/mol. The number of Topliss-reactive ketones (excluding diaryl/α,β-unsaturated/α-hetero) is 1. The highest BCUT2D eigenvalue weighted by Gasteiger charge is 2.15. The van der Waals surface area contributed by atoms with E-state index in [2.05, 4.69) is 20.7 Å². The van der Waals surface area contributed by atoms with Crippen LogP contribution in [0, 0.1) is 0 Å². The Balaban J connectivity index is 1.60. The molecule has 11 heteroatoms. The van der Waals surface area contributed by atoms with Gasteiger partial charge in [0.15, 0.2) is 17.3 Å². The average Bonchev–Trinajstić information content (AvgIpc) is 3.36. The van der Waals surface area contributed by atoms with Crippen molar-refractivity contribution in [1.82, 2.24) is 14.9 Å². The maximum atomic E-state index is 12.5. The molecule has 0 bridgehead atoms. The zero-order valence-corrected chi connectivity index (χ0v) is 16.8. The molecule has 0 radical (unpaired) electrons. The highest BCUT2D eigenvalue weighted by molar-refractivity contribution is 7.99. The van der Waals surface area contributed by atoms with Crippen LogP contribution >= 0.6 is 23.1 Å². The fourth-order valence-electron chi connectivity index (χ4n) is 2.19. The number of hydrogen-bond acceptors (Lipinski definition) is 10. The van der Waals surface area contributed by atoms with Crippen molar-refractivity contribution in [2.24, 2.45) is 5.10 Å². The van der Waals surface area contributed by atoms with E-state index in [1.165, 1.54) is 23.5 Å². The van der Waals surface area contributed by atoms with E-state index in [0.29, 0.717) is 22.2 Å². The Morgan fingerprint density at radius 2 is 2.14 bits per heavy atom. The van der Waals surface area contributed by atoms with E-state index in [0.717, 1.165) is 4.88 Å². The minimum atomic E-state index is -0.0980. The van der Waals surface area contributed by atoms with E-state index in [9.17, 15) is 4.79 Å². The highest BCUT2D eigenvalue weighted by atomic mass is 32.2. The van der Waals surface area contributed by atoms with Crippen LogP contribution in [0.4, 0.5) is 5.95 Å². The van der Waals surface area contributed by atoms with Gasteiger partial charge in [-0.2, -0.15) is 5.10 Å². The zero-order chi connectivity index (χ0) is 19.9. The van der Waals surface area contributed by atoms with Crippen molar-refractivity contribution in [3.05, 3.63) is 46.2 Å². The molecule has 0 amide bonds. The van der Waals surface area contributed by atoms with Gasteiger partial charge in [-0.05, 0) is 29.6 Å². The summed E-state index contributed by atoms with van der Waals surface area (Å²) in [5.41, 5.74) is 3.24. The van der Waals surface area contributed by atoms with Gasteiger partial charge in [-0.25, -0.2) is 10.1 Å². The van der Waals surface area contributed by atoms with E-state index in [1.807, 2.05) is 17.5 Å². The molecule has 9 nitrogen and oxygen atoms in total. The molecule has 0 fully saturated rings. The number of nitrogens with one attached hydrogen (secondary N) is 1. The van der Waals surface area contributed by atoms with Gasteiger partial charge in [0.2, 0.25) is 5.16 Å². The van der Waals surface area contributed by atoms with E-state index in [1.54, 1.807) is 42.9 Å². The second kappa shape index (κ2) is 9.24. The van der Waals surface area contributed by atoms with E-state index < -0.39 is 0 Å². The topological polar surface area (TPSA) is 117 Å². The second-order valence-electron chi connectivity index (χ2n) is 5.34. The zero-order valence-electron chi connectivity index (χ0n) is 15.2. The summed E-state index contributed by atoms with van der Waals surface area (Å²) in [6, 6.07) is 8.88. The Kier molecular flexibility index (Phi) is 6.50. The largest absolute Gasteiger partial charge is 0.493 e. The fourth-order valence-corrected chi connectivity index (χ4v) is 3.53. The second-order valence-corrected chi connectivity index (χ2v) is 7.26. The van der Waals surface area contributed by atoms with Crippen molar-refractivity contribution in [3.8, 4) is 11.5 Å². The molecule has 28 heavy (non-hydrogen) atoms. The highest BCUT2D eigenvalue weighted by Crippen LogP contribution is 2.28.